The van der Waals surface area contributed by atoms with Gasteiger partial charge in [-0.05, 0) is 67.6 Å². The normalized spacial score (nSPS) is 16.4. The van der Waals surface area contributed by atoms with Crippen LogP contribution < -0.4 is 14.2 Å². The van der Waals surface area contributed by atoms with Crippen LogP contribution in [0.15, 0.2) is 42.6 Å². The third-order valence-electron chi connectivity index (χ3n) is 6.69. The van der Waals surface area contributed by atoms with E-state index in [1.165, 1.54) is 27.9 Å². The summed E-state index contributed by atoms with van der Waals surface area (Å²) < 4.78 is 19.3. The molecule has 2 heterocycles. The number of methoxy groups -OCH3 is 3. The molecule has 0 fully saturated rings. The van der Waals surface area contributed by atoms with Gasteiger partial charge in [0.25, 0.3) is 0 Å². The van der Waals surface area contributed by atoms with Crippen LogP contribution in [0.1, 0.15) is 46.0 Å². The standard InChI is InChI=1S/C27H34N2O3/c1-18-15-20(3)22(16-19(18)2)25-23-9-7-12-28(23)13-8-14-29(25)17-21-10-11-24(30-4)27(32-6)26(21)31-5/h7,9-12,15-16,25H,8,13-14,17H2,1-6H3. The topological polar surface area (TPSA) is 35.9 Å². The van der Waals surface area contributed by atoms with Crippen LogP contribution in [0.2, 0.25) is 0 Å². The highest BCUT2D eigenvalue weighted by Crippen LogP contribution is 2.42. The smallest absolute Gasteiger partial charge is 0.203 e. The van der Waals surface area contributed by atoms with Gasteiger partial charge in [-0.25, -0.2) is 0 Å². The first-order valence-corrected chi connectivity index (χ1v) is 11.2. The largest absolute Gasteiger partial charge is 0.493 e. The summed E-state index contributed by atoms with van der Waals surface area (Å²) in [5.41, 5.74) is 7.80. The van der Waals surface area contributed by atoms with Crippen LogP contribution in [0.4, 0.5) is 0 Å². The number of rotatable bonds is 6. The zero-order valence-electron chi connectivity index (χ0n) is 20.1. The summed E-state index contributed by atoms with van der Waals surface area (Å²) in [6.07, 6.45) is 3.30. The Morgan fingerprint density at radius 2 is 1.59 bits per heavy atom. The lowest BCUT2D eigenvalue weighted by molar-refractivity contribution is 0.215. The molecular formula is C27H34N2O3. The molecule has 3 aromatic rings. The Hall–Kier alpha value is -2.92. The third-order valence-corrected chi connectivity index (χ3v) is 6.69. The molecule has 1 atom stereocenters. The van der Waals surface area contributed by atoms with Crippen molar-refractivity contribution < 1.29 is 14.2 Å². The molecule has 32 heavy (non-hydrogen) atoms. The Kier molecular flexibility index (Phi) is 6.47. The van der Waals surface area contributed by atoms with Crippen LogP contribution >= 0.6 is 0 Å². The van der Waals surface area contributed by atoms with E-state index in [2.05, 4.69) is 66.8 Å². The second-order valence-electron chi connectivity index (χ2n) is 8.64. The molecule has 1 aliphatic rings. The molecule has 1 unspecified atom stereocenters. The van der Waals surface area contributed by atoms with Crippen LogP contribution in [0.25, 0.3) is 0 Å². The van der Waals surface area contributed by atoms with Gasteiger partial charge < -0.3 is 18.8 Å². The summed E-state index contributed by atoms with van der Waals surface area (Å²) >= 11 is 0. The molecular weight excluding hydrogens is 400 g/mol. The van der Waals surface area contributed by atoms with Crippen molar-refractivity contribution in [2.24, 2.45) is 0 Å². The molecule has 0 aliphatic carbocycles. The minimum Gasteiger partial charge on any atom is -0.493 e. The number of benzene rings is 2. The van der Waals surface area contributed by atoms with Gasteiger partial charge >= 0.3 is 0 Å². The number of ether oxygens (including phenoxy) is 3. The average Bonchev–Trinajstić information content (AvgIpc) is 3.17. The van der Waals surface area contributed by atoms with Gasteiger partial charge in [0.15, 0.2) is 11.5 Å². The van der Waals surface area contributed by atoms with E-state index in [0.29, 0.717) is 11.5 Å². The van der Waals surface area contributed by atoms with Crippen molar-refractivity contribution >= 4 is 0 Å². The van der Waals surface area contributed by atoms with Gasteiger partial charge in [0.05, 0.1) is 27.4 Å². The van der Waals surface area contributed by atoms with E-state index in [-0.39, 0.29) is 6.04 Å². The average molecular weight is 435 g/mol. The lowest BCUT2D eigenvalue weighted by Gasteiger charge is -2.32. The molecule has 0 N–H and O–H groups in total. The summed E-state index contributed by atoms with van der Waals surface area (Å²) in [5.74, 6) is 2.06. The van der Waals surface area contributed by atoms with Crippen molar-refractivity contribution in [2.45, 2.75) is 46.3 Å². The maximum absolute atomic E-state index is 5.80. The number of hydrogen-bond donors (Lipinski definition) is 0. The summed E-state index contributed by atoms with van der Waals surface area (Å²) in [5, 5.41) is 0. The van der Waals surface area contributed by atoms with Crippen molar-refractivity contribution in [1.82, 2.24) is 9.47 Å². The maximum Gasteiger partial charge on any atom is 0.203 e. The zero-order chi connectivity index (χ0) is 22.8. The van der Waals surface area contributed by atoms with Gasteiger partial charge in [-0.3, -0.25) is 4.90 Å². The molecule has 1 aliphatic heterocycles. The van der Waals surface area contributed by atoms with E-state index in [1.807, 2.05) is 6.07 Å². The second kappa shape index (κ2) is 9.29. The van der Waals surface area contributed by atoms with Crippen LogP contribution in [0.5, 0.6) is 17.2 Å². The molecule has 0 spiro atoms. The Labute approximate surface area is 191 Å². The molecule has 170 valence electrons. The quantitative estimate of drug-likeness (QED) is 0.518. The van der Waals surface area contributed by atoms with Gasteiger partial charge in [-0.1, -0.05) is 18.2 Å². The van der Waals surface area contributed by atoms with Crippen LogP contribution in [-0.4, -0.2) is 37.3 Å². The van der Waals surface area contributed by atoms with E-state index >= 15 is 0 Å². The first-order valence-electron chi connectivity index (χ1n) is 11.2. The van der Waals surface area contributed by atoms with Crippen molar-refractivity contribution in [1.29, 1.82) is 0 Å². The molecule has 1 aromatic heterocycles. The lowest BCUT2D eigenvalue weighted by atomic mass is 9.92. The number of hydrogen-bond acceptors (Lipinski definition) is 4. The van der Waals surface area contributed by atoms with Gasteiger partial charge in [-0.15, -0.1) is 0 Å². The molecule has 0 radical (unpaired) electrons. The minimum atomic E-state index is 0.171. The monoisotopic (exact) mass is 434 g/mol. The maximum atomic E-state index is 5.80. The first kappa shape index (κ1) is 22.3. The summed E-state index contributed by atoms with van der Waals surface area (Å²) in [6.45, 7) is 9.41. The van der Waals surface area contributed by atoms with Gasteiger partial charge in [0, 0.05) is 37.1 Å². The molecule has 0 saturated heterocycles. The molecule has 2 aromatic carbocycles. The predicted octanol–water partition coefficient (Wildman–Crippen LogP) is 5.43. The SMILES string of the molecule is COc1ccc(CN2CCCn3cccc3C2c2cc(C)c(C)cc2C)c(OC)c1OC. The van der Waals surface area contributed by atoms with Crippen molar-refractivity contribution in [3.63, 3.8) is 0 Å². The third kappa shape index (κ3) is 3.97. The van der Waals surface area contributed by atoms with E-state index in [9.17, 15) is 0 Å². The lowest BCUT2D eigenvalue weighted by Crippen LogP contribution is -2.30. The molecule has 0 saturated carbocycles. The summed E-state index contributed by atoms with van der Waals surface area (Å²) in [4.78, 5) is 2.57. The predicted molar refractivity (Wildman–Crippen MR) is 128 cm³/mol. The van der Waals surface area contributed by atoms with E-state index < -0.39 is 0 Å². The van der Waals surface area contributed by atoms with Crippen molar-refractivity contribution in [2.75, 3.05) is 27.9 Å². The molecule has 0 amide bonds. The van der Waals surface area contributed by atoms with Gasteiger partial charge in [-0.2, -0.15) is 0 Å². The summed E-state index contributed by atoms with van der Waals surface area (Å²) in [6, 6.07) is 13.4. The highest BCUT2D eigenvalue weighted by molar-refractivity contribution is 5.56. The molecule has 5 nitrogen and oxygen atoms in total. The fraction of sp³-hybridized carbons (Fsp3) is 0.407. The van der Waals surface area contributed by atoms with Crippen LogP contribution in [-0.2, 0) is 13.1 Å². The Bertz CT molecular complexity index is 1100. The van der Waals surface area contributed by atoms with Crippen molar-refractivity contribution in [3.05, 3.63) is 76.1 Å². The summed E-state index contributed by atoms with van der Waals surface area (Å²) in [7, 11) is 5.00. The Morgan fingerprint density at radius 3 is 2.31 bits per heavy atom. The Morgan fingerprint density at radius 1 is 0.844 bits per heavy atom. The second-order valence-corrected chi connectivity index (χ2v) is 8.64. The first-order chi connectivity index (χ1) is 15.5. The molecule has 4 rings (SSSR count). The highest BCUT2D eigenvalue weighted by Gasteiger charge is 2.30. The zero-order valence-corrected chi connectivity index (χ0v) is 20.1. The van der Waals surface area contributed by atoms with Crippen molar-refractivity contribution in [3.8, 4) is 17.2 Å². The number of aromatic nitrogens is 1. The fourth-order valence-corrected chi connectivity index (χ4v) is 4.95. The minimum absolute atomic E-state index is 0.171. The number of fused-ring (bicyclic) bond motifs is 1. The molecule has 0 bridgehead atoms. The Balaban J connectivity index is 1.82. The van der Waals surface area contributed by atoms with E-state index in [1.54, 1.807) is 21.3 Å². The van der Waals surface area contributed by atoms with E-state index in [4.69, 9.17) is 14.2 Å². The van der Waals surface area contributed by atoms with E-state index in [0.717, 1.165) is 37.4 Å². The van der Waals surface area contributed by atoms with Crippen LogP contribution in [0, 0.1) is 20.8 Å². The van der Waals surface area contributed by atoms with Gasteiger partial charge in [0.2, 0.25) is 5.75 Å². The van der Waals surface area contributed by atoms with Gasteiger partial charge in [0.1, 0.15) is 0 Å². The number of aryl methyl sites for hydroxylation is 4. The highest BCUT2D eigenvalue weighted by atomic mass is 16.5. The fourth-order valence-electron chi connectivity index (χ4n) is 4.95. The van der Waals surface area contributed by atoms with Crippen LogP contribution in [0.3, 0.4) is 0 Å². The number of nitrogens with zero attached hydrogens (tertiary/aromatic N) is 2. The molecule has 5 heteroatoms.